The maximum absolute atomic E-state index is 12.6. The van der Waals surface area contributed by atoms with Crippen molar-refractivity contribution in [3.8, 4) is 0 Å². The van der Waals surface area contributed by atoms with Crippen molar-refractivity contribution in [2.75, 3.05) is 32.7 Å². The van der Waals surface area contributed by atoms with Gasteiger partial charge in [-0.25, -0.2) is 0 Å². The van der Waals surface area contributed by atoms with Crippen molar-refractivity contribution in [2.24, 2.45) is 0 Å². The molecule has 146 valence electrons. The first-order valence-electron chi connectivity index (χ1n) is 10.1. The molecule has 2 aliphatic heterocycles. The summed E-state index contributed by atoms with van der Waals surface area (Å²) in [7, 11) is 0. The second-order valence-corrected chi connectivity index (χ2v) is 7.52. The lowest BCUT2D eigenvalue weighted by atomic mass is 10.1. The minimum atomic E-state index is -0.119. The zero-order valence-electron chi connectivity index (χ0n) is 15.8. The molecule has 4 heterocycles. The van der Waals surface area contributed by atoms with Crippen molar-refractivity contribution in [3.05, 3.63) is 42.1 Å². The Hall–Kier alpha value is -2.12. The monoisotopic (exact) mass is 371 g/mol. The highest BCUT2D eigenvalue weighted by Crippen LogP contribution is 2.24. The van der Waals surface area contributed by atoms with E-state index in [9.17, 15) is 4.79 Å². The summed E-state index contributed by atoms with van der Waals surface area (Å²) in [5, 5.41) is 11.0. The van der Waals surface area contributed by atoms with Gasteiger partial charge in [0.2, 0.25) is 0 Å². The van der Waals surface area contributed by atoms with Crippen molar-refractivity contribution in [1.29, 1.82) is 0 Å². The molecule has 0 bridgehead atoms. The lowest BCUT2D eigenvalue weighted by Crippen LogP contribution is -2.40. The van der Waals surface area contributed by atoms with Crippen molar-refractivity contribution in [3.63, 3.8) is 0 Å². The first kappa shape index (κ1) is 18.3. The third kappa shape index (κ3) is 4.42. The molecular formula is C20H29N5O2. The van der Waals surface area contributed by atoms with Gasteiger partial charge in [-0.1, -0.05) is 6.42 Å². The summed E-state index contributed by atoms with van der Waals surface area (Å²) in [5.74, 6) is 0.794. The molecule has 0 spiro atoms. The van der Waals surface area contributed by atoms with Crippen LogP contribution < -0.4 is 10.6 Å². The number of carbonyl (C=O) groups excluding carboxylic acids is 1. The first-order valence-corrected chi connectivity index (χ1v) is 10.1. The molecule has 1 amide bonds. The molecule has 4 rings (SSSR count). The summed E-state index contributed by atoms with van der Waals surface area (Å²) < 4.78 is 7.58. The van der Waals surface area contributed by atoms with E-state index in [4.69, 9.17) is 4.42 Å². The molecule has 0 radical (unpaired) electrons. The highest BCUT2D eigenvalue weighted by atomic mass is 16.3. The molecule has 2 aromatic rings. The highest BCUT2D eigenvalue weighted by molar-refractivity contribution is 5.92. The number of rotatable bonds is 6. The third-order valence-corrected chi connectivity index (χ3v) is 5.64. The van der Waals surface area contributed by atoms with Gasteiger partial charge in [-0.15, -0.1) is 0 Å². The Balaban J connectivity index is 1.38. The van der Waals surface area contributed by atoms with E-state index in [2.05, 4.69) is 20.6 Å². The lowest BCUT2D eigenvalue weighted by Gasteiger charge is -2.33. The quantitative estimate of drug-likeness (QED) is 0.815. The van der Waals surface area contributed by atoms with Crippen LogP contribution in [0.3, 0.4) is 0 Å². The minimum Gasteiger partial charge on any atom is -0.468 e. The zero-order chi connectivity index (χ0) is 18.5. The topological polar surface area (TPSA) is 75.3 Å². The van der Waals surface area contributed by atoms with Gasteiger partial charge in [-0.05, 0) is 63.5 Å². The molecule has 0 aliphatic carbocycles. The summed E-state index contributed by atoms with van der Waals surface area (Å²) in [5.41, 5.74) is 0.484. The van der Waals surface area contributed by atoms with E-state index in [1.54, 1.807) is 6.26 Å². The molecule has 0 aromatic carbocycles. The van der Waals surface area contributed by atoms with Crippen LogP contribution in [-0.2, 0) is 0 Å². The molecule has 2 aliphatic rings. The molecule has 2 atom stereocenters. The molecule has 2 fully saturated rings. The molecule has 2 saturated heterocycles. The maximum atomic E-state index is 12.6. The summed E-state index contributed by atoms with van der Waals surface area (Å²) in [6, 6.07) is 6.13. The maximum Gasteiger partial charge on any atom is 0.271 e. The van der Waals surface area contributed by atoms with Crippen LogP contribution in [0.1, 0.15) is 60.4 Å². The third-order valence-electron chi connectivity index (χ3n) is 5.64. The van der Waals surface area contributed by atoms with Crippen LogP contribution >= 0.6 is 0 Å². The fraction of sp³-hybridized carbons (Fsp3) is 0.600. The predicted molar refractivity (Wildman–Crippen MR) is 103 cm³/mol. The predicted octanol–water partition coefficient (Wildman–Crippen LogP) is 2.36. The number of furan rings is 1. The van der Waals surface area contributed by atoms with Gasteiger partial charge < -0.3 is 15.1 Å². The fourth-order valence-corrected chi connectivity index (χ4v) is 4.12. The van der Waals surface area contributed by atoms with Crippen molar-refractivity contribution < 1.29 is 9.21 Å². The molecule has 7 nitrogen and oxygen atoms in total. The van der Waals surface area contributed by atoms with E-state index in [0.29, 0.717) is 18.3 Å². The van der Waals surface area contributed by atoms with E-state index >= 15 is 0 Å². The summed E-state index contributed by atoms with van der Waals surface area (Å²) in [6.45, 7) is 4.60. The van der Waals surface area contributed by atoms with Gasteiger partial charge in [0.1, 0.15) is 11.5 Å². The Bertz CT molecular complexity index is 715. The number of amides is 1. The molecule has 7 heteroatoms. The average Bonchev–Trinajstić information content (AvgIpc) is 3.42. The van der Waals surface area contributed by atoms with Crippen LogP contribution in [0.15, 0.2) is 35.1 Å². The van der Waals surface area contributed by atoms with Gasteiger partial charge in [0.05, 0.1) is 18.3 Å². The van der Waals surface area contributed by atoms with Crippen LogP contribution in [0, 0.1) is 0 Å². The van der Waals surface area contributed by atoms with Gasteiger partial charge in [0.25, 0.3) is 5.91 Å². The van der Waals surface area contributed by atoms with Gasteiger partial charge in [0, 0.05) is 19.3 Å². The lowest BCUT2D eigenvalue weighted by molar-refractivity contribution is 0.0908. The Morgan fingerprint density at radius 2 is 2.19 bits per heavy atom. The van der Waals surface area contributed by atoms with E-state index < -0.39 is 0 Å². The minimum absolute atomic E-state index is 0.0777. The number of nitrogens with zero attached hydrogens (tertiary/aromatic N) is 3. The number of hydrogen-bond acceptors (Lipinski definition) is 5. The molecule has 27 heavy (non-hydrogen) atoms. The van der Waals surface area contributed by atoms with Crippen molar-refractivity contribution in [1.82, 2.24) is 25.3 Å². The SMILES string of the molecule is O=C(NCC(c1ccco1)N1CCCCC1)c1ccn(C2CCCNC2)n1. The highest BCUT2D eigenvalue weighted by Gasteiger charge is 2.25. The van der Waals surface area contributed by atoms with Crippen LogP contribution in [-0.4, -0.2) is 53.3 Å². The van der Waals surface area contributed by atoms with E-state index in [1.165, 1.54) is 19.3 Å². The van der Waals surface area contributed by atoms with Crippen LogP contribution in [0.5, 0.6) is 0 Å². The summed E-state index contributed by atoms with van der Waals surface area (Å²) >= 11 is 0. The molecule has 0 saturated carbocycles. The van der Waals surface area contributed by atoms with E-state index in [-0.39, 0.29) is 11.9 Å². The Morgan fingerprint density at radius 1 is 1.30 bits per heavy atom. The molecule has 2 aromatic heterocycles. The van der Waals surface area contributed by atoms with Crippen molar-refractivity contribution >= 4 is 5.91 Å². The smallest absolute Gasteiger partial charge is 0.271 e. The number of nitrogens with one attached hydrogen (secondary N) is 2. The molecular weight excluding hydrogens is 342 g/mol. The standard InChI is InChI=1S/C20H29N5O2/c26-20(17-8-12-25(23-17)16-6-4-9-21-14-16)22-15-18(19-7-5-13-27-19)24-10-2-1-3-11-24/h5,7-8,12-13,16,18,21H,1-4,6,9-11,14-15H2,(H,22,26). The van der Waals surface area contributed by atoms with Gasteiger partial charge in [-0.2, -0.15) is 5.10 Å². The van der Waals surface area contributed by atoms with Crippen molar-refractivity contribution in [2.45, 2.75) is 44.2 Å². The second-order valence-electron chi connectivity index (χ2n) is 7.52. The number of hydrogen-bond donors (Lipinski definition) is 2. The second kappa shape index (κ2) is 8.71. The fourth-order valence-electron chi connectivity index (χ4n) is 4.12. The largest absolute Gasteiger partial charge is 0.468 e. The van der Waals surface area contributed by atoms with Crippen LogP contribution in [0.2, 0.25) is 0 Å². The van der Waals surface area contributed by atoms with Gasteiger partial charge in [-0.3, -0.25) is 14.4 Å². The number of aromatic nitrogens is 2. The van der Waals surface area contributed by atoms with Crippen LogP contribution in [0.4, 0.5) is 0 Å². The van der Waals surface area contributed by atoms with E-state index in [0.717, 1.165) is 44.8 Å². The zero-order valence-corrected chi connectivity index (χ0v) is 15.8. The summed E-state index contributed by atoms with van der Waals surface area (Å²) in [6.07, 6.45) is 9.55. The van der Waals surface area contributed by atoms with Crippen LogP contribution in [0.25, 0.3) is 0 Å². The normalized spacial score (nSPS) is 22.4. The first-order chi connectivity index (χ1) is 13.3. The Kier molecular flexibility index (Phi) is 5.89. The molecule has 2 unspecified atom stereocenters. The average molecular weight is 371 g/mol. The Morgan fingerprint density at radius 3 is 2.93 bits per heavy atom. The van der Waals surface area contributed by atoms with E-state index in [1.807, 2.05) is 29.1 Å². The number of likely N-dealkylation sites (tertiary alicyclic amines) is 1. The van der Waals surface area contributed by atoms with Gasteiger partial charge >= 0.3 is 0 Å². The van der Waals surface area contributed by atoms with Gasteiger partial charge in [0.15, 0.2) is 0 Å². The number of piperidine rings is 2. The molecule has 2 N–H and O–H groups in total. The summed E-state index contributed by atoms with van der Waals surface area (Å²) in [4.78, 5) is 15.1. The number of carbonyl (C=O) groups is 1. The Labute approximate surface area is 160 Å².